The van der Waals surface area contributed by atoms with Crippen molar-refractivity contribution in [2.45, 2.75) is 12.5 Å². The van der Waals surface area contributed by atoms with E-state index in [1.165, 1.54) is 6.07 Å². The molecule has 0 fully saturated rings. The largest absolute Gasteiger partial charge is 0.478 e. The van der Waals surface area contributed by atoms with Crippen molar-refractivity contribution in [1.82, 2.24) is 0 Å². The van der Waals surface area contributed by atoms with Gasteiger partial charge in [-0.05, 0) is 24.3 Å². The van der Waals surface area contributed by atoms with Gasteiger partial charge in [0.05, 0.1) is 17.0 Å². The van der Waals surface area contributed by atoms with E-state index in [0.717, 1.165) is 12.1 Å². The lowest BCUT2D eigenvalue weighted by molar-refractivity contribution is -0.387. The van der Waals surface area contributed by atoms with Crippen LogP contribution in [-0.2, 0) is 9.59 Å². The highest BCUT2D eigenvalue weighted by Gasteiger charge is 2.29. The molecule has 9 heteroatoms. The van der Waals surface area contributed by atoms with Gasteiger partial charge in [0, 0.05) is 11.8 Å². The maximum atomic E-state index is 13.3. The Labute approximate surface area is 140 Å². The van der Waals surface area contributed by atoms with E-state index in [4.69, 9.17) is 4.74 Å². The van der Waals surface area contributed by atoms with Crippen molar-refractivity contribution >= 4 is 28.9 Å². The van der Waals surface area contributed by atoms with E-state index >= 15 is 0 Å². The minimum atomic E-state index is -1.04. The van der Waals surface area contributed by atoms with Crippen molar-refractivity contribution in [3.05, 3.63) is 58.4 Å². The monoisotopic (exact) mass is 345 g/mol. The molecule has 0 saturated heterocycles. The number of hydrogen-bond acceptors (Lipinski definition) is 5. The summed E-state index contributed by atoms with van der Waals surface area (Å²) in [6.45, 7) is 0. The molecular weight excluding hydrogens is 333 g/mol. The van der Waals surface area contributed by atoms with Gasteiger partial charge in [0.1, 0.15) is 5.75 Å². The molecule has 0 aromatic heterocycles. The van der Waals surface area contributed by atoms with Crippen LogP contribution in [0.4, 0.5) is 21.5 Å². The van der Waals surface area contributed by atoms with Crippen LogP contribution in [-0.4, -0.2) is 22.8 Å². The fraction of sp³-hybridized carbons (Fsp3) is 0.125. The topological polar surface area (TPSA) is 111 Å². The number of hydrogen-bond donors (Lipinski definition) is 2. The molecule has 1 heterocycles. The Morgan fingerprint density at radius 2 is 2.08 bits per heavy atom. The van der Waals surface area contributed by atoms with E-state index in [2.05, 4.69) is 10.6 Å². The van der Waals surface area contributed by atoms with Gasteiger partial charge in [0.25, 0.3) is 5.91 Å². The van der Waals surface area contributed by atoms with Gasteiger partial charge >= 0.3 is 5.69 Å². The first-order valence-electron chi connectivity index (χ1n) is 7.24. The van der Waals surface area contributed by atoms with Crippen LogP contribution in [0, 0.1) is 15.9 Å². The number of carbonyl (C=O) groups excluding carboxylic acids is 2. The smallest absolute Gasteiger partial charge is 0.306 e. The Morgan fingerprint density at radius 3 is 2.84 bits per heavy atom. The molecule has 2 aromatic carbocycles. The van der Waals surface area contributed by atoms with Crippen molar-refractivity contribution in [2.24, 2.45) is 0 Å². The summed E-state index contributed by atoms with van der Waals surface area (Å²) in [4.78, 5) is 33.9. The summed E-state index contributed by atoms with van der Waals surface area (Å²) in [5.41, 5.74) is -0.188. The van der Waals surface area contributed by atoms with E-state index in [1.807, 2.05) is 0 Å². The molecule has 1 aliphatic rings. The van der Waals surface area contributed by atoms with Gasteiger partial charge in [-0.3, -0.25) is 19.7 Å². The zero-order chi connectivity index (χ0) is 18.0. The number of carbonyl (C=O) groups is 2. The van der Waals surface area contributed by atoms with Gasteiger partial charge in [-0.25, -0.2) is 0 Å². The summed E-state index contributed by atoms with van der Waals surface area (Å²) < 4.78 is 18.8. The van der Waals surface area contributed by atoms with E-state index in [9.17, 15) is 24.1 Å². The molecule has 0 spiro atoms. The minimum Gasteiger partial charge on any atom is -0.478 e. The first-order valence-corrected chi connectivity index (χ1v) is 7.24. The lowest BCUT2D eigenvalue weighted by Gasteiger charge is -2.25. The van der Waals surface area contributed by atoms with Crippen LogP contribution in [0.2, 0.25) is 0 Å². The number of ether oxygens (including phenoxy) is 1. The molecule has 0 saturated carbocycles. The molecule has 0 radical (unpaired) electrons. The number of nitro benzene ring substituents is 1. The zero-order valence-electron chi connectivity index (χ0n) is 12.7. The van der Waals surface area contributed by atoms with Crippen LogP contribution in [0.25, 0.3) is 0 Å². The molecule has 0 bridgehead atoms. The first kappa shape index (κ1) is 16.4. The molecule has 0 aliphatic carbocycles. The summed E-state index contributed by atoms with van der Waals surface area (Å²) in [5.74, 6) is -1.63. The molecular formula is C16H12FN3O5. The van der Waals surface area contributed by atoms with E-state index in [-0.39, 0.29) is 12.1 Å². The number of amides is 2. The number of fused-ring (bicyclic) bond motifs is 1. The maximum absolute atomic E-state index is 13.3. The van der Waals surface area contributed by atoms with Crippen LogP contribution < -0.4 is 15.4 Å². The van der Waals surface area contributed by atoms with Crippen molar-refractivity contribution in [3.63, 3.8) is 0 Å². The number of rotatable bonds is 4. The average Bonchev–Trinajstić information content (AvgIpc) is 2.57. The van der Waals surface area contributed by atoms with Gasteiger partial charge in [-0.1, -0.05) is 12.1 Å². The summed E-state index contributed by atoms with van der Waals surface area (Å²) >= 11 is 0. The standard InChI is InChI=1S/C16H12FN3O5/c17-10-6-5-9(7-12(10)20(23)24)18-15(21)8-14-16(22)19-11-3-1-2-4-13(11)25-14/h1-7,14H,8H2,(H,18,21)(H,19,22)/t14-/m0/s1. The summed E-state index contributed by atoms with van der Waals surface area (Å²) in [6.07, 6.45) is -1.34. The predicted octanol–water partition coefficient (Wildman–Crippen LogP) is 2.46. The highest BCUT2D eigenvalue weighted by atomic mass is 19.1. The third-order valence-corrected chi connectivity index (χ3v) is 3.50. The molecule has 1 atom stereocenters. The number of para-hydroxylation sites is 2. The van der Waals surface area contributed by atoms with Crippen LogP contribution in [0.3, 0.4) is 0 Å². The number of benzene rings is 2. The van der Waals surface area contributed by atoms with Crippen LogP contribution in [0.1, 0.15) is 6.42 Å². The molecule has 0 unspecified atom stereocenters. The van der Waals surface area contributed by atoms with Crippen molar-refractivity contribution < 1.29 is 23.6 Å². The molecule has 2 amide bonds. The molecule has 128 valence electrons. The van der Waals surface area contributed by atoms with E-state index in [0.29, 0.717) is 11.4 Å². The first-order chi connectivity index (χ1) is 11.9. The Kier molecular flexibility index (Phi) is 4.29. The van der Waals surface area contributed by atoms with Gasteiger partial charge in [0.2, 0.25) is 11.7 Å². The normalized spacial score (nSPS) is 15.6. The SMILES string of the molecule is O=C(C[C@@H]1Oc2ccccc2NC1=O)Nc1ccc(F)c([N+](=O)[O-])c1. The maximum Gasteiger partial charge on any atom is 0.306 e. The molecule has 3 rings (SSSR count). The highest BCUT2D eigenvalue weighted by Crippen LogP contribution is 2.29. The van der Waals surface area contributed by atoms with Crippen molar-refractivity contribution in [3.8, 4) is 5.75 Å². The number of nitro groups is 1. The van der Waals surface area contributed by atoms with E-state index in [1.54, 1.807) is 24.3 Å². The van der Waals surface area contributed by atoms with Crippen LogP contribution in [0.15, 0.2) is 42.5 Å². The molecule has 2 aromatic rings. The third-order valence-electron chi connectivity index (χ3n) is 3.50. The summed E-state index contributed by atoms with van der Waals surface area (Å²) in [6, 6.07) is 9.77. The lowest BCUT2D eigenvalue weighted by Crippen LogP contribution is -2.39. The molecule has 25 heavy (non-hydrogen) atoms. The van der Waals surface area contributed by atoms with E-state index < -0.39 is 34.3 Å². The number of anilines is 2. The predicted molar refractivity (Wildman–Crippen MR) is 85.8 cm³/mol. The van der Waals surface area contributed by atoms with Crippen LogP contribution in [0.5, 0.6) is 5.75 Å². The molecule has 1 aliphatic heterocycles. The summed E-state index contributed by atoms with van der Waals surface area (Å²) in [5, 5.41) is 15.7. The van der Waals surface area contributed by atoms with Crippen molar-refractivity contribution in [1.29, 1.82) is 0 Å². The number of nitrogens with zero attached hydrogens (tertiary/aromatic N) is 1. The van der Waals surface area contributed by atoms with Gasteiger partial charge in [0.15, 0.2) is 6.10 Å². The molecule has 8 nitrogen and oxygen atoms in total. The Bertz CT molecular complexity index is 871. The van der Waals surface area contributed by atoms with Gasteiger partial charge < -0.3 is 15.4 Å². The van der Waals surface area contributed by atoms with Crippen molar-refractivity contribution in [2.75, 3.05) is 10.6 Å². The fourth-order valence-corrected chi connectivity index (χ4v) is 2.34. The second-order valence-corrected chi connectivity index (χ2v) is 5.27. The number of halogens is 1. The highest BCUT2D eigenvalue weighted by molar-refractivity contribution is 6.02. The fourth-order valence-electron chi connectivity index (χ4n) is 2.34. The minimum absolute atomic E-state index is 0.0507. The van der Waals surface area contributed by atoms with Crippen LogP contribution >= 0.6 is 0 Å². The van der Waals surface area contributed by atoms with Gasteiger partial charge in [-0.2, -0.15) is 4.39 Å². The summed E-state index contributed by atoms with van der Waals surface area (Å²) in [7, 11) is 0. The Morgan fingerprint density at radius 1 is 1.32 bits per heavy atom. The second-order valence-electron chi connectivity index (χ2n) is 5.27. The second kappa shape index (κ2) is 6.56. The quantitative estimate of drug-likeness (QED) is 0.653. The lowest BCUT2D eigenvalue weighted by atomic mass is 10.1. The molecule has 2 N–H and O–H groups in total. The average molecular weight is 345 g/mol. The Balaban J connectivity index is 1.68. The van der Waals surface area contributed by atoms with Gasteiger partial charge in [-0.15, -0.1) is 0 Å². The zero-order valence-corrected chi connectivity index (χ0v) is 12.7. The Hall–Kier alpha value is -3.49. The number of nitrogens with one attached hydrogen (secondary N) is 2. The third kappa shape index (κ3) is 3.55.